The Hall–Kier alpha value is 0.0500. The Kier molecular flexibility index (Phi) is 4.25. The number of rotatable bonds is 6. The van der Waals surface area contributed by atoms with Gasteiger partial charge in [-0.25, -0.2) is 13.1 Å². The monoisotopic (exact) mass is 338 g/mol. The Morgan fingerprint density at radius 1 is 1.53 bits per heavy atom. The molecule has 0 amide bonds. The molecule has 1 aliphatic carbocycles. The lowest BCUT2D eigenvalue weighted by Crippen LogP contribution is -2.25. The SMILES string of the molecule is CCNCc1cc(S(=O)(=O)NC2CC2)c(Br)s1. The second kappa shape index (κ2) is 5.36. The molecule has 1 aromatic heterocycles. The van der Waals surface area contributed by atoms with Crippen LogP contribution in [0.3, 0.4) is 0 Å². The van der Waals surface area contributed by atoms with Crippen molar-refractivity contribution in [1.29, 1.82) is 0 Å². The van der Waals surface area contributed by atoms with Crippen LogP contribution in [0.5, 0.6) is 0 Å². The molecule has 1 aliphatic rings. The molecule has 2 N–H and O–H groups in total. The molecule has 0 radical (unpaired) electrons. The predicted molar refractivity (Wildman–Crippen MR) is 72.7 cm³/mol. The van der Waals surface area contributed by atoms with Gasteiger partial charge in [0.2, 0.25) is 10.0 Å². The third-order valence-electron chi connectivity index (χ3n) is 2.44. The van der Waals surface area contributed by atoms with Gasteiger partial charge in [0, 0.05) is 17.5 Å². The molecule has 96 valence electrons. The van der Waals surface area contributed by atoms with Gasteiger partial charge >= 0.3 is 0 Å². The summed E-state index contributed by atoms with van der Waals surface area (Å²) in [5.41, 5.74) is 0. The van der Waals surface area contributed by atoms with Gasteiger partial charge in [0.25, 0.3) is 0 Å². The van der Waals surface area contributed by atoms with Crippen LogP contribution in [0.25, 0.3) is 0 Å². The molecule has 4 nitrogen and oxygen atoms in total. The summed E-state index contributed by atoms with van der Waals surface area (Å²) in [5, 5.41) is 3.18. The second-order valence-corrected chi connectivity index (χ2v) is 8.16. The van der Waals surface area contributed by atoms with Crippen LogP contribution in [0.2, 0.25) is 0 Å². The van der Waals surface area contributed by atoms with Crippen LogP contribution in [0.1, 0.15) is 24.6 Å². The summed E-state index contributed by atoms with van der Waals surface area (Å²) in [7, 11) is -3.35. The zero-order valence-corrected chi connectivity index (χ0v) is 12.7. The van der Waals surface area contributed by atoms with Crippen LogP contribution in [0, 0.1) is 0 Å². The molecular weight excluding hydrogens is 324 g/mol. The molecule has 1 aromatic rings. The van der Waals surface area contributed by atoms with E-state index in [0.29, 0.717) is 15.2 Å². The van der Waals surface area contributed by atoms with Gasteiger partial charge in [0.1, 0.15) is 4.90 Å². The zero-order chi connectivity index (χ0) is 12.5. The van der Waals surface area contributed by atoms with Gasteiger partial charge in [0.15, 0.2) is 0 Å². The summed E-state index contributed by atoms with van der Waals surface area (Å²) in [5.74, 6) is 0. The lowest BCUT2D eigenvalue weighted by atomic mass is 10.4. The van der Waals surface area contributed by atoms with E-state index in [1.165, 1.54) is 11.3 Å². The lowest BCUT2D eigenvalue weighted by molar-refractivity contribution is 0.581. The lowest BCUT2D eigenvalue weighted by Gasteiger charge is -2.03. The van der Waals surface area contributed by atoms with Crippen molar-refractivity contribution < 1.29 is 8.42 Å². The van der Waals surface area contributed by atoms with E-state index in [9.17, 15) is 8.42 Å². The zero-order valence-electron chi connectivity index (χ0n) is 9.49. The van der Waals surface area contributed by atoms with Crippen LogP contribution in [-0.2, 0) is 16.6 Å². The minimum absolute atomic E-state index is 0.143. The van der Waals surface area contributed by atoms with Crippen molar-refractivity contribution in [1.82, 2.24) is 10.0 Å². The molecule has 0 spiro atoms. The number of thiophene rings is 1. The van der Waals surface area contributed by atoms with E-state index in [1.807, 2.05) is 6.92 Å². The number of halogens is 1. The highest BCUT2D eigenvalue weighted by Crippen LogP contribution is 2.33. The maximum atomic E-state index is 12.0. The van der Waals surface area contributed by atoms with E-state index in [-0.39, 0.29) is 6.04 Å². The quantitative estimate of drug-likeness (QED) is 0.834. The first-order valence-electron chi connectivity index (χ1n) is 5.54. The van der Waals surface area contributed by atoms with Gasteiger partial charge in [-0.1, -0.05) is 6.92 Å². The highest BCUT2D eigenvalue weighted by atomic mass is 79.9. The summed E-state index contributed by atoms with van der Waals surface area (Å²) in [6, 6.07) is 1.88. The second-order valence-electron chi connectivity index (χ2n) is 4.03. The first-order valence-corrected chi connectivity index (χ1v) is 8.63. The molecule has 0 saturated heterocycles. The molecule has 0 aromatic carbocycles. The van der Waals surface area contributed by atoms with E-state index in [0.717, 1.165) is 24.3 Å². The van der Waals surface area contributed by atoms with E-state index in [2.05, 4.69) is 26.0 Å². The molecule has 2 rings (SSSR count). The molecule has 0 atom stereocenters. The third kappa shape index (κ3) is 3.51. The molecule has 1 saturated carbocycles. The predicted octanol–water partition coefficient (Wildman–Crippen LogP) is 2.06. The van der Waals surface area contributed by atoms with Crippen LogP contribution in [0.4, 0.5) is 0 Å². The number of nitrogens with one attached hydrogen (secondary N) is 2. The summed E-state index contributed by atoms with van der Waals surface area (Å²) in [6.45, 7) is 3.60. The van der Waals surface area contributed by atoms with Crippen molar-refractivity contribution in [3.63, 3.8) is 0 Å². The summed E-state index contributed by atoms with van der Waals surface area (Å²) < 4.78 is 27.4. The Balaban J connectivity index is 2.16. The first kappa shape index (κ1) is 13.5. The molecule has 0 aliphatic heterocycles. The molecule has 0 unspecified atom stereocenters. The van der Waals surface area contributed by atoms with E-state index < -0.39 is 10.0 Å². The number of sulfonamides is 1. The van der Waals surface area contributed by atoms with Crippen molar-refractivity contribution in [3.8, 4) is 0 Å². The van der Waals surface area contributed by atoms with Crippen molar-refractivity contribution in [2.75, 3.05) is 6.54 Å². The van der Waals surface area contributed by atoms with Gasteiger partial charge in [-0.15, -0.1) is 11.3 Å². The average molecular weight is 339 g/mol. The minimum atomic E-state index is -3.35. The standard InChI is InChI=1S/C10H15BrN2O2S2/c1-2-12-6-8-5-9(10(11)16-8)17(14,15)13-7-3-4-7/h5,7,12-13H,2-4,6H2,1H3. The van der Waals surface area contributed by atoms with Gasteiger partial charge in [0.05, 0.1) is 3.79 Å². The van der Waals surface area contributed by atoms with Gasteiger partial charge < -0.3 is 5.32 Å². The maximum Gasteiger partial charge on any atom is 0.242 e. The van der Waals surface area contributed by atoms with Gasteiger partial charge in [-0.05, 0) is 41.4 Å². The fourth-order valence-electron chi connectivity index (χ4n) is 1.40. The normalized spacial score (nSPS) is 16.4. The molecular formula is C10H15BrN2O2S2. The Morgan fingerprint density at radius 3 is 2.82 bits per heavy atom. The molecule has 17 heavy (non-hydrogen) atoms. The van der Waals surface area contributed by atoms with Crippen LogP contribution >= 0.6 is 27.3 Å². The molecule has 0 bridgehead atoms. The Morgan fingerprint density at radius 2 is 2.24 bits per heavy atom. The van der Waals surface area contributed by atoms with Gasteiger partial charge in [-0.2, -0.15) is 0 Å². The number of hydrogen-bond acceptors (Lipinski definition) is 4. The minimum Gasteiger partial charge on any atom is -0.312 e. The number of hydrogen-bond donors (Lipinski definition) is 2. The highest BCUT2D eigenvalue weighted by molar-refractivity contribution is 9.11. The van der Waals surface area contributed by atoms with Crippen LogP contribution in [-0.4, -0.2) is 21.0 Å². The van der Waals surface area contributed by atoms with Crippen molar-refractivity contribution in [2.24, 2.45) is 0 Å². The smallest absolute Gasteiger partial charge is 0.242 e. The first-order chi connectivity index (χ1) is 8.03. The van der Waals surface area contributed by atoms with Crippen molar-refractivity contribution in [3.05, 3.63) is 14.7 Å². The summed E-state index contributed by atoms with van der Waals surface area (Å²) in [4.78, 5) is 1.39. The fraction of sp³-hybridized carbons (Fsp3) is 0.600. The summed E-state index contributed by atoms with van der Waals surface area (Å²) >= 11 is 4.79. The topological polar surface area (TPSA) is 58.2 Å². The maximum absolute atomic E-state index is 12.0. The van der Waals surface area contributed by atoms with E-state index in [1.54, 1.807) is 6.07 Å². The van der Waals surface area contributed by atoms with Gasteiger partial charge in [-0.3, -0.25) is 0 Å². The summed E-state index contributed by atoms with van der Waals surface area (Å²) in [6.07, 6.45) is 1.90. The van der Waals surface area contributed by atoms with Crippen LogP contribution < -0.4 is 10.0 Å². The van der Waals surface area contributed by atoms with Crippen molar-refractivity contribution in [2.45, 2.75) is 37.2 Å². The highest BCUT2D eigenvalue weighted by Gasteiger charge is 2.30. The Bertz CT molecular complexity index is 494. The van der Waals surface area contributed by atoms with Crippen LogP contribution in [0.15, 0.2) is 14.7 Å². The average Bonchev–Trinajstić information content (AvgIpc) is 2.96. The largest absolute Gasteiger partial charge is 0.312 e. The molecule has 1 fully saturated rings. The molecule has 7 heteroatoms. The fourth-order valence-corrected chi connectivity index (χ4v) is 5.36. The van der Waals surface area contributed by atoms with E-state index in [4.69, 9.17) is 0 Å². The third-order valence-corrected chi connectivity index (χ3v) is 6.22. The molecule has 1 heterocycles. The van der Waals surface area contributed by atoms with Crippen molar-refractivity contribution >= 4 is 37.3 Å². The Labute approximate surface area is 114 Å². The van der Waals surface area contributed by atoms with E-state index >= 15 is 0 Å².